The second-order valence-corrected chi connectivity index (χ2v) is 7.86. The second-order valence-electron chi connectivity index (χ2n) is 7.86. The Labute approximate surface area is 156 Å². The molecule has 3 atom stereocenters. The lowest BCUT2D eigenvalue weighted by Gasteiger charge is -2.47. The largest absolute Gasteiger partial charge is 0.368 e. The summed E-state index contributed by atoms with van der Waals surface area (Å²) in [7, 11) is 0. The van der Waals surface area contributed by atoms with Gasteiger partial charge in [-0.15, -0.1) is 0 Å². The van der Waals surface area contributed by atoms with Gasteiger partial charge in [-0.3, -0.25) is 9.69 Å². The van der Waals surface area contributed by atoms with Gasteiger partial charge in [-0.2, -0.15) is 0 Å². The van der Waals surface area contributed by atoms with Crippen molar-refractivity contribution in [1.29, 1.82) is 0 Å². The van der Waals surface area contributed by atoms with Crippen LogP contribution in [0.4, 0.5) is 0 Å². The summed E-state index contributed by atoms with van der Waals surface area (Å²) in [6.07, 6.45) is 9.73. The highest BCUT2D eigenvalue weighted by Gasteiger charge is 2.40. The summed E-state index contributed by atoms with van der Waals surface area (Å²) in [6, 6.07) is 10.9. The van der Waals surface area contributed by atoms with Crippen LogP contribution in [0.1, 0.15) is 37.7 Å². The molecular formula is C22H30N2O2. The average Bonchev–Trinajstić information content (AvgIpc) is 3.22. The van der Waals surface area contributed by atoms with Gasteiger partial charge in [0.15, 0.2) is 0 Å². The zero-order valence-electron chi connectivity index (χ0n) is 15.6. The number of amides is 1. The maximum absolute atomic E-state index is 12.8. The molecule has 140 valence electrons. The van der Waals surface area contributed by atoms with E-state index in [0.29, 0.717) is 12.0 Å². The first kappa shape index (κ1) is 17.7. The van der Waals surface area contributed by atoms with E-state index >= 15 is 0 Å². The molecule has 3 heterocycles. The Hall–Kier alpha value is -1.65. The second kappa shape index (κ2) is 8.36. The van der Waals surface area contributed by atoms with Crippen LogP contribution in [0, 0.1) is 5.92 Å². The van der Waals surface area contributed by atoms with Crippen molar-refractivity contribution in [3.8, 4) is 0 Å². The van der Waals surface area contributed by atoms with E-state index in [1.807, 2.05) is 0 Å². The molecule has 0 saturated carbocycles. The first-order valence-corrected chi connectivity index (χ1v) is 10.2. The smallest absolute Gasteiger partial charge is 0.251 e. The van der Waals surface area contributed by atoms with Crippen molar-refractivity contribution in [3.05, 3.63) is 42.0 Å². The van der Waals surface area contributed by atoms with Gasteiger partial charge in [-0.05, 0) is 43.6 Å². The Morgan fingerprint density at radius 2 is 2.00 bits per heavy atom. The normalized spacial score (nSPS) is 29.8. The van der Waals surface area contributed by atoms with Crippen molar-refractivity contribution in [3.63, 3.8) is 0 Å². The third-order valence-corrected chi connectivity index (χ3v) is 6.11. The molecule has 3 aliphatic rings. The fourth-order valence-corrected chi connectivity index (χ4v) is 4.78. The van der Waals surface area contributed by atoms with E-state index in [1.54, 1.807) is 0 Å². The molecule has 0 spiro atoms. The highest BCUT2D eigenvalue weighted by atomic mass is 16.5. The molecule has 26 heavy (non-hydrogen) atoms. The summed E-state index contributed by atoms with van der Waals surface area (Å²) >= 11 is 0. The Morgan fingerprint density at radius 3 is 2.81 bits per heavy atom. The van der Waals surface area contributed by atoms with E-state index in [0.717, 1.165) is 58.5 Å². The Balaban J connectivity index is 1.32. The number of carbonyl (C=O) groups is 1. The Morgan fingerprint density at radius 1 is 1.12 bits per heavy atom. The summed E-state index contributed by atoms with van der Waals surface area (Å²) in [4.78, 5) is 17.6. The number of benzene rings is 1. The molecule has 1 amide bonds. The van der Waals surface area contributed by atoms with Gasteiger partial charge in [0.05, 0.1) is 0 Å². The van der Waals surface area contributed by atoms with Crippen molar-refractivity contribution in [2.75, 3.05) is 32.8 Å². The van der Waals surface area contributed by atoms with Gasteiger partial charge in [-0.1, -0.05) is 42.5 Å². The number of hydrogen-bond acceptors (Lipinski definition) is 3. The topological polar surface area (TPSA) is 32.8 Å². The average molecular weight is 354 g/mol. The lowest BCUT2D eigenvalue weighted by Crippen LogP contribution is -2.57. The van der Waals surface area contributed by atoms with Gasteiger partial charge >= 0.3 is 0 Å². The van der Waals surface area contributed by atoms with E-state index < -0.39 is 0 Å². The fraction of sp³-hybridized carbons (Fsp3) is 0.591. The standard InChI is InChI=1S/C22H30N2O2/c25-22(21-11-6-16-26-21)24-14-5-10-19-17-23(15-12-20(19)24)13-4-9-18-7-2-1-3-8-18/h1-4,7-9,19-21H,5-6,10-17H2/b9-4+/t19-,20-,21?/m1/s1. The fourth-order valence-electron chi connectivity index (χ4n) is 4.78. The summed E-state index contributed by atoms with van der Waals surface area (Å²) in [5.41, 5.74) is 1.26. The highest BCUT2D eigenvalue weighted by Crippen LogP contribution is 2.32. The highest BCUT2D eigenvalue weighted by molar-refractivity contribution is 5.81. The van der Waals surface area contributed by atoms with E-state index in [1.165, 1.54) is 12.0 Å². The summed E-state index contributed by atoms with van der Waals surface area (Å²) in [5.74, 6) is 0.877. The molecule has 0 radical (unpaired) electrons. The molecule has 4 rings (SSSR count). The number of hydrogen-bond donors (Lipinski definition) is 0. The molecule has 1 unspecified atom stereocenters. The van der Waals surface area contributed by atoms with Crippen LogP contribution in [-0.2, 0) is 9.53 Å². The minimum atomic E-state index is -0.166. The number of fused-ring (bicyclic) bond motifs is 1. The van der Waals surface area contributed by atoms with Crippen molar-refractivity contribution in [1.82, 2.24) is 9.80 Å². The van der Waals surface area contributed by atoms with Crippen LogP contribution in [-0.4, -0.2) is 60.6 Å². The minimum absolute atomic E-state index is 0.166. The molecule has 3 aliphatic heterocycles. The van der Waals surface area contributed by atoms with Crippen molar-refractivity contribution in [2.45, 2.75) is 44.2 Å². The van der Waals surface area contributed by atoms with E-state index in [-0.39, 0.29) is 12.0 Å². The molecule has 3 saturated heterocycles. The molecule has 1 aromatic rings. The molecule has 0 aliphatic carbocycles. The van der Waals surface area contributed by atoms with Crippen molar-refractivity contribution in [2.24, 2.45) is 5.92 Å². The third kappa shape index (κ3) is 4.02. The van der Waals surface area contributed by atoms with Gasteiger partial charge in [0.1, 0.15) is 6.10 Å². The summed E-state index contributed by atoms with van der Waals surface area (Å²) in [6.45, 7) is 4.86. The van der Waals surface area contributed by atoms with Crippen LogP contribution in [0.2, 0.25) is 0 Å². The van der Waals surface area contributed by atoms with Crippen LogP contribution in [0.3, 0.4) is 0 Å². The number of ether oxygens (including phenoxy) is 1. The number of likely N-dealkylation sites (tertiary alicyclic amines) is 2. The Kier molecular flexibility index (Phi) is 5.71. The molecule has 4 nitrogen and oxygen atoms in total. The van der Waals surface area contributed by atoms with E-state index in [4.69, 9.17) is 4.74 Å². The molecule has 4 heteroatoms. The summed E-state index contributed by atoms with van der Waals surface area (Å²) in [5, 5.41) is 0. The number of rotatable bonds is 4. The lowest BCUT2D eigenvalue weighted by atomic mass is 9.83. The van der Waals surface area contributed by atoms with Crippen molar-refractivity contribution >= 4 is 12.0 Å². The molecule has 0 aromatic heterocycles. The molecule has 0 N–H and O–H groups in total. The van der Waals surface area contributed by atoms with Crippen LogP contribution < -0.4 is 0 Å². The maximum atomic E-state index is 12.8. The van der Waals surface area contributed by atoms with Crippen LogP contribution >= 0.6 is 0 Å². The number of nitrogens with zero attached hydrogens (tertiary/aromatic N) is 2. The molecule has 0 bridgehead atoms. The number of carbonyl (C=O) groups excluding carboxylic acids is 1. The first-order chi connectivity index (χ1) is 12.8. The van der Waals surface area contributed by atoms with Crippen LogP contribution in [0.5, 0.6) is 0 Å². The van der Waals surface area contributed by atoms with Gasteiger partial charge < -0.3 is 9.64 Å². The van der Waals surface area contributed by atoms with Crippen LogP contribution in [0.15, 0.2) is 36.4 Å². The predicted octanol–water partition coefficient (Wildman–Crippen LogP) is 3.19. The molecular weight excluding hydrogens is 324 g/mol. The van der Waals surface area contributed by atoms with E-state index in [2.05, 4.69) is 52.3 Å². The summed E-state index contributed by atoms with van der Waals surface area (Å²) < 4.78 is 5.65. The molecule has 3 fully saturated rings. The van der Waals surface area contributed by atoms with Crippen molar-refractivity contribution < 1.29 is 9.53 Å². The minimum Gasteiger partial charge on any atom is -0.368 e. The Bertz CT molecular complexity index is 624. The SMILES string of the molecule is O=C(C1CCCO1)N1CCC[C@@H]2CN(C/C=C/c3ccccc3)CC[C@H]21. The predicted molar refractivity (Wildman–Crippen MR) is 104 cm³/mol. The van der Waals surface area contributed by atoms with Crippen LogP contribution in [0.25, 0.3) is 6.08 Å². The van der Waals surface area contributed by atoms with Gasteiger partial charge in [0.2, 0.25) is 0 Å². The van der Waals surface area contributed by atoms with Gasteiger partial charge in [-0.25, -0.2) is 0 Å². The van der Waals surface area contributed by atoms with Gasteiger partial charge in [0, 0.05) is 38.8 Å². The quantitative estimate of drug-likeness (QED) is 0.832. The van der Waals surface area contributed by atoms with Gasteiger partial charge in [0.25, 0.3) is 5.91 Å². The zero-order valence-corrected chi connectivity index (χ0v) is 15.6. The maximum Gasteiger partial charge on any atom is 0.251 e. The van der Waals surface area contributed by atoms with E-state index in [9.17, 15) is 4.79 Å². The first-order valence-electron chi connectivity index (χ1n) is 10.2. The number of piperidine rings is 2. The lowest BCUT2D eigenvalue weighted by molar-refractivity contribution is -0.148. The third-order valence-electron chi connectivity index (χ3n) is 6.11. The zero-order chi connectivity index (χ0) is 17.8. The monoisotopic (exact) mass is 354 g/mol. The molecule has 1 aromatic carbocycles.